The molecule has 0 aliphatic heterocycles. The van der Waals surface area contributed by atoms with Gasteiger partial charge in [-0.25, -0.2) is 13.8 Å². The van der Waals surface area contributed by atoms with Crippen molar-refractivity contribution in [2.24, 2.45) is 0 Å². The monoisotopic (exact) mass is 241 g/mol. The van der Waals surface area contributed by atoms with Crippen LogP contribution in [0.1, 0.15) is 12.0 Å². The maximum atomic E-state index is 12.7. The Morgan fingerprint density at radius 1 is 1.35 bits per heavy atom. The molecule has 7 nitrogen and oxygen atoms in total. The first-order valence-electron chi connectivity index (χ1n) is 4.39. The first-order chi connectivity index (χ1) is 8.09. The fourth-order valence-electron chi connectivity index (χ4n) is 1.22. The minimum atomic E-state index is -2.90. The zero-order valence-electron chi connectivity index (χ0n) is 8.20. The van der Waals surface area contributed by atoms with Gasteiger partial charge in [0, 0.05) is 6.07 Å². The molecular weight excluding hydrogens is 236 g/mol. The lowest BCUT2D eigenvalue weighted by Crippen LogP contribution is -2.07. The van der Waals surface area contributed by atoms with Crippen molar-refractivity contribution < 1.29 is 13.7 Å². The van der Waals surface area contributed by atoms with Gasteiger partial charge in [0.25, 0.3) is 12.1 Å². The molecule has 0 unspecified atom stereocenters. The van der Waals surface area contributed by atoms with E-state index in [1.165, 1.54) is 12.4 Å². The zero-order valence-corrected chi connectivity index (χ0v) is 8.20. The second-order valence-electron chi connectivity index (χ2n) is 2.98. The van der Waals surface area contributed by atoms with Crippen molar-refractivity contribution in [3.8, 4) is 5.82 Å². The molecular formula is C8H5F2N5O2. The van der Waals surface area contributed by atoms with Crippen molar-refractivity contribution in [3.05, 3.63) is 40.3 Å². The summed E-state index contributed by atoms with van der Waals surface area (Å²) in [5, 5.41) is 17.7. The van der Waals surface area contributed by atoms with Gasteiger partial charge in [0.05, 0.1) is 22.9 Å². The standard InChI is InChI=1S/C8H5F2N5O2/c9-7(10)6-3-5(15(16)17)4-11-8(6)14-12-1-2-13-14/h1-4,7H. The fraction of sp³-hybridized carbons (Fsp3) is 0.125. The molecule has 88 valence electrons. The van der Waals surface area contributed by atoms with Gasteiger partial charge in [0.1, 0.15) is 6.20 Å². The van der Waals surface area contributed by atoms with Gasteiger partial charge in [-0.1, -0.05) is 0 Å². The van der Waals surface area contributed by atoms with Crippen LogP contribution in [0.3, 0.4) is 0 Å². The van der Waals surface area contributed by atoms with E-state index in [-0.39, 0.29) is 5.82 Å². The number of hydrogen-bond acceptors (Lipinski definition) is 5. The fourth-order valence-corrected chi connectivity index (χ4v) is 1.22. The van der Waals surface area contributed by atoms with Gasteiger partial charge in [0.15, 0.2) is 5.82 Å². The normalized spacial score (nSPS) is 10.8. The van der Waals surface area contributed by atoms with Crippen molar-refractivity contribution >= 4 is 5.69 Å². The summed E-state index contributed by atoms with van der Waals surface area (Å²) in [6.45, 7) is 0. The van der Waals surface area contributed by atoms with E-state index in [4.69, 9.17) is 0 Å². The van der Waals surface area contributed by atoms with E-state index in [1.807, 2.05) is 0 Å². The molecule has 0 saturated heterocycles. The molecule has 2 aromatic rings. The Bertz CT molecular complexity index is 543. The number of alkyl halides is 2. The SMILES string of the molecule is O=[N+]([O-])c1cnc(-n2nccn2)c(C(F)F)c1. The van der Waals surface area contributed by atoms with E-state index in [1.54, 1.807) is 0 Å². The van der Waals surface area contributed by atoms with Crippen molar-refractivity contribution in [3.63, 3.8) is 0 Å². The smallest absolute Gasteiger partial charge is 0.258 e. The lowest BCUT2D eigenvalue weighted by molar-refractivity contribution is -0.385. The van der Waals surface area contributed by atoms with E-state index in [0.717, 1.165) is 17.1 Å². The van der Waals surface area contributed by atoms with Crippen molar-refractivity contribution in [1.82, 2.24) is 20.0 Å². The summed E-state index contributed by atoms with van der Waals surface area (Å²) in [5.41, 5.74) is -1.09. The van der Waals surface area contributed by atoms with Gasteiger partial charge >= 0.3 is 0 Å². The molecule has 0 radical (unpaired) electrons. The molecule has 9 heteroatoms. The van der Waals surface area contributed by atoms with Gasteiger partial charge in [-0.15, -0.1) is 4.80 Å². The second-order valence-corrected chi connectivity index (χ2v) is 2.98. The Kier molecular flexibility index (Phi) is 2.73. The van der Waals surface area contributed by atoms with Gasteiger partial charge < -0.3 is 0 Å². The van der Waals surface area contributed by atoms with Crippen LogP contribution in [-0.2, 0) is 0 Å². The molecule has 17 heavy (non-hydrogen) atoms. The predicted molar refractivity (Wildman–Crippen MR) is 50.8 cm³/mol. The van der Waals surface area contributed by atoms with E-state index in [0.29, 0.717) is 0 Å². The third-order valence-corrected chi connectivity index (χ3v) is 1.93. The molecule has 2 aromatic heterocycles. The lowest BCUT2D eigenvalue weighted by atomic mass is 10.2. The molecule has 0 aliphatic carbocycles. The minimum absolute atomic E-state index is 0.226. The van der Waals surface area contributed by atoms with E-state index < -0.39 is 22.6 Å². The van der Waals surface area contributed by atoms with Gasteiger partial charge in [-0.3, -0.25) is 10.1 Å². The molecule has 0 aliphatic rings. The summed E-state index contributed by atoms with van der Waals surface area (Å²) in [4.78, 5) is 14.1. The number of pyridine rings is 1. The van der Waals surface area contributed by atoms with Crippen LogP contribution < -0.4 is 0 Å². The average molecular weight is 241 g/mol. The van der Waals surface area contributed by atoms with Crippen LogP contribution in [0, 0.1) is 10.1 Å². The van der Waals surface area contributed by atoms with Gasteiger partial charge in [0.2, 0.25) is 0 Å². The van der Waals surface area contributed by atoms with E-state index >= 15 is 0 Å². The van der Waals surface area contributed by atoms with Crippen molar-refractivity contribution in [1.29, 1.82) is 0 Å². The van der Waals surface area contributed by atoms with Crippen LogP contribution in [0.4, 0.5) is 14.5 Å². The number of aromatic nitrogens is 4. The summed E-state index contributed by atoms with van der Waals surface area (Å²) >= 11 is 0. The molecule has 2 rings (SSSR count). The van der Waals surface area contributed by atoms with E-state index in [9.17, 15) is 18.9 Å². The Labute approximate surface area is 92.9 Å². The third-order valence-electron chi connectivity index (χ3n) is 1.93. The highest BCUT2D eigenvalue weighted by Crippen LogP contribution is 2.26. The molecule has 0 aromatic carbocycles. The van der Waals surface area contributed by atoms with Gasteiger partial charge in [-0.05, 0) is 0 Å². The molecule has 0 atom stereocenters. The van der Waals surface area contributed by atoms with Crippen molar-refractivity contribution in [2.75, 3.05) is 0 Å². The highest BCUT2D eigenvalue weighted by molar-refractivity contribution is 5.41. The molecule has 0 saturated carbocycles. The Hall–Kier alpha value is -2.45. The summed E-state index contributed by atoms with van der Waals surface area (Å²) in [6.07, 6.45) is 0.560. The number of halogens is 2. The maximum absolute atomic E-state index is 12.7. The third kappa shape index (κ3) is 2.07. The van der Waals surface area contributed by atoms with E-state index in [2.05, 4.69) is 15.2 Å². The molecule has 0 bridgehead atoms. The number of nitro groups is 1. The van der Waals surface area contributed by atoms with Crippen LogP contribution in [0.2, 0.25) is 0 Å². The second kappa shape index (κ2) is 4.20. The Morgan fingerprint density at radius 2 is 2.00 bits per heavy atom. The summed E-state index contributed by atoms with van der Waals surface area (Å²) in [5.74, 6) is -0.226. The molecule has 0 amide bonds. The Morgan fingerprint density at radius 3 is 2.53 bits per heavy atom. The highest BCUT2D eigenvalue weighted by Gasteiger charge is 2.21. The molecule has 0 N–H and O–H groups in total. The Balaban J connectivity index is 2.57. The largest absolute Gasteiger partial charge is 0.288 e. The average Bonchev–Trinajstić information content (AvgIpc) is 2.81. The van der Waals surface area contributed by atoms with Crippen LogP contribution in [0.15, 0.2) is 24.7 Å². The van der Waals surface area contributed by atoms with Gasteiger partial charge in [-0.2, -0.15) is 10.2 Å². The molecule has 0 fully saturated rings. The number of nitrogens with zero attached hydrogens (tertiary/aromatic N) is 5. The minimum Gasteiger partial charge on any atom is -0.258 e. The van der Waals surface area contributed by atoms with Crippen LogP contribution in [0.25, 0.3) is 5.82 Å². The van der Waals surface area contributed by atoms with Crippen molar-refractivity contribution in [2.45, 2.75) is 6.43 Å². The van der Waals surface area contributed by atoms with Crippen LogP contribution in [0.5, 0.6) is 0 Å². The summed E-state index contributed by atoms with van der Waals surface area (Å²) in [7, 11) is 0. The number of hydrogen-bond donors (Lipinski definition) is 0. The lowest BCUT2D eigenvalue weighted by Gasteiger charge is -2.05. The molecule has 2 heterocycles. The number of rotatable bonds is 3. The summed E-state index contributed by atoms with van der Waals surface area (Å²) in [6, 6.07) is 0.760. The first-order valence-corrected chi connectivity index (χ1v) is 4.39. The highest BCUT2D eigenvalue weighted by atomic mass is 19.3. The summed E-state index contributed by atoms with van der Waals surface area (Å²) < 4.78 is 25.5. The maximum Gasteiger partial charge on any atom is 0.288 e. The van der Waals surface area contributed by atoms with Crippen LogP contribution >= 0.6 is 0 Å². The van der Waals surface area contributed by atoms with Crippen LogP contribution in [-0.4, -0.2) is 24.9 Å². The topological polar surface area (TPSA) is 86.7 Å². The predicted octanol–water partition coefficient (Wildman–Crippen LogP) is 1.51. The molecule has 0 spiro atoms. The first kappa shape index (κ1) is 11.0. The zero-order chi connectivity index (χ0) is 12.4. The quantitative estimate of drug-likeness (QED) is 0.600.